The molecule has 0 spiro atoms. The van der Waals surface area contributed by atoms with Gasteiger partial charge >= 0.3 is 0 Å². The van der Waals surface area contributed by atoms with E-state index >= 15 is 0 Å². The lowest BCUT2D eigenvalue weighted by Gasteiger charge is -2.29. The first kappa shape index (κ1) is 14.3. The summed E-state index contributed by atoms with van der Waals surface area (Å²) >= 11 is 1.84. The fourth-order valence-corrected chi connectivity index (χ4v) is 3.48. The summed E-state index contributed by atoms with van der Waals surface area (Å²) in [6, 6.07) is 6.48. The van der Waals surface area contributed by atoms with E-state index in [0.717, 1.165) is 18.8 Å². The molecule has 1 unspecified atom stereocenters. The van der Waals surface area contributed by atoms with Gasteiger partial charge in [-0.1, -0.05) is 6.92 Å². The van der Waals surface area contributed by atoms with E-state index in [4.69, 9.17) is 10.2 Å². The molecule has 2 aromatic rings. The van der Waals surface area contributed by atoms with Crippen LogP contribution in [0.5, 0.6) is 0 Å². The number of thiophene rings is 1. The highest BCUT2D eigenvalue weighted by Gasteiger charge is 2.21. The largest absolute Gasteiger partial charge is 0.468 e. The van der Waals surface area contributed by atoms with E-state index in [1.54, 1.807) is 6.26 Å². The highest BCUT2D eigenvalue weighted by molar-refractivity contribution is 7.12. The SMILES string of the molecule is CCN(Cc1ccco1)C(CN)c1cc(C)sc1C. The summed E-state index contributed by atoms with van der Waals surface area (Å²) < 4.78 is 5.45. The van der Waals surface area contributed by atoms with Crippen molar-refractivity contribution >= 4 is 11.3 Å². The fraction of sp³-hybridized carbons (Fsp3) is 0.467. The molecule has 2 heterocycles. The average molecular weight is 278 g/mol. The summed E-state index contributed by atoms with van der Waals surface area (Å²) in [5, 5.41) is 0. The van der Waals surface area contributed by atoms with Crippen LogP contribution in [-0.2, 0) is 6.54 Å². The van der Waals surface area contributed by atoms with Gasteiger partial charge in [-0.05, 0) is 44.2 Å². The molecule has 2 aromatic heterocycles. The zero-order valence-electron chi connectivity index (χ0n) is 11.8. The number of furan rings is 1. The molecule has 0 aliphatic carbocycles. The summed E-state index contributed by atoms with van der Waals surface area (Å²) in [7, 11) is 0. The van der Waals surface area contributed by atoms with Crippen LogP contribution in [0.4, 0.5) is 0 Å². The number of rotatable bonds is 6. The van der Waals surface area contributed by atoms with Crippen molar-refractivity contribution in [2.45, 2.75) is 33.4 Å². The van der Waals surface area contributed by atoms with Crippen molar-refractivity contribution in [3.05, 3.63) is 45.5 Å². The minimum Gasteiger partial charge on any atom is -0.468 e. The van der Waals surface area contributed by atoms with Gasteiger partial charge in [-0.2, -0.15) is 0 Å². The molecule has 0 aromatic carbocycles. The van der Waals surface area contributed by atoms with E-state index in [9.17, 15) is 0 Å². The average Bonchev–Trinajstić information content (AvgIpc) is 2.99. The summed E-state index contributed by atoms with van der Waals surface area (Å²) in [6.45, 7) is 8.89. The van der Waals surface area contributed by atoms with Crippen LogP contribution < -0.4 is 5.73 Å². The first-order valence-corrected chi connectivity index (χ1v) is 7.50. The van der Waals surface area contributed by atoms with Crippen LogP contribution in [0.1, 0.15) is 34.0 Å². The molecule has 0 bridgehead atoms. The normalized spacial score (nSPS) is 13.1. The molecular weight excluding hydrogens is 256 g/mol. The monoisotopic (exact) mass is 278 g/mol. The maximum Gasteiger partial charge on any atom is 0.117 e. The Morgan fingerprint density at radius 2 is 2.21 bits per heavy atom. The van der Waals surface area contributed by atoms with E-state index in [1.807, 2.05) is 23.5 Å². The van der Waals surface area contributed by atoms with Gasteiger partial charge in [-0.25, -0.2) is 0 Å². The van der Waals surface area contributed by atoms with Crippen LogP contribution in [0.25, 0.3) is 0 Å². The van der Waals surface area contributed by atoms with E-state index in [0.29, 0.717) is 6.54 Å². The smallest absolute Gasteiger partial charge is 0.117 e. The Morgan fingerprint density at radius 3 is 2.68 bits per heavy atom. The predicted molar refractivity (Wildman–Crippen MR) is 80.4 cm³/mol. The molecule has 0 aliphatic heterocycles. The van der Waals surface area contributed by atoms with Crippen LogP contribution in [0, 0.1) is 13.8 Å². The van der Waals surface area contributed by atoms with Crippen molar-refractivity contribution in [1.82, 2.24) is 4.90 Å². The second kappa shape index (κ2) is 6.37. The molecule has 2 rings (SSSR count). The van der Waals surface area contributed by atoms with Crippen molar-refractivity contribution in [1.29, 1.82) is 0 Å². The van der Waals surface area contributed by atoms with Crippen molar-refractivity contribution in [3.63, 3.8) is 0 Å². The number of nitrogens with zero attached hydrogens (tertiary/aromatic N) is 1. The molecule has 2 N–H and O–H groups in total. The molecule has 104 valence electrons. The first-order valence-electron chi connectivity index (χ1n) is 6.69. The van der Waals surface area contributed by atoms with Gasteiger partial charge in [0.2, 0.25) is 0 Å². The minimum atomic E-state index is 0.264. The van der Waals surface area contributed by atoms with Gasteiger partial charge in [-0.15, -0.1) is 11.3 Å². The highest BCUT2D eigenvalue weighted by Crippen LogP contribution is 2.30. The van der Waals surface area contributed by atoms with Crippen molar-refractivity contribution in [2.24, 2.45) is 5.73 Å². The Hall–Kier alpha value is -1.10. The summed E-state index contributed by atoms with van der Waals surface area (Å²) in [5.74, 6) is 0.991. The number of hydrogen-bond acceptors (Lipinski definition) is 4. The highest BCUT2D eigenvalue weighted by atomic mass is 32.1. The molecule has 0 saturated heterocycles. The summed E-state index contributed by atoms with van der Waals surface area (Å²) in [6.07, 6.45) is 1.72. The first-order chi connectivity index (χ1) is 9.15. The maximum atomic E-state index is 6.02. The third-order valence-electron chi connectivity index (χ3n) is 3.45. The summed E-state index contributed by atoms with van der Waals surface area (Å²) in [4.78, 5) is 5.08. The van der Waals surface area contributed by atoms with E-state index < -0.39 is 0 Å². The second-order valence-electron chi connectivity index (χ2n) is 4.76. The number of likely N-dealkylation sites (N-methyl/N-ethyl adjacent to an activating group) is 1. The van der Waals surface area contributed by atoms with Crippen molar-refractivity contribution in [2.75, 3.05) is 13.1 Å². The molecule has 3 nitrogen and oxygen atoms in total. The molecule has 0 aliphatic rings. The second-order valence-corrected chi connectivity index (χ2v) is 6.22. The Morgan fingerprint density at radius 1 is 1.42 bits per heavy atom. The standard InChI is InChI=1S/C15H22N2OS/c1-4-17(10-13-6-5-7-18-13)15(9-16)14-8-11(2)19-12(14)3/h5-8,15H,4,9-10,16H2,1-3H3. The van der Waals surface area contributed by atoms with Gasteiger partial charge in [0.25, 0.3) is 0 Å². The van der Waals surface area contributed by atoms with E-state index in [2.05, 4.69) is 31.7 Å². The zero-order chi connectivity index (χ0) is 13.8. The number of aryl methyl sites for hydroxylation is 2. The Balaban J connectivity index is 2.21. The minimum absolute atomic E-state index is 0.264. The molecular formula is C15H22N2OS. The Kier molecular flexibility index (Phi) is 4.80. The van der Waals surface area contributed by atoms with Crippen LogP contribution in [0.3, 0.4) is 0 Å². The van der Waals surface area contributed by atoms with Gasteiger partial charge in [0, 0.05) is 22.3 Å². The lowest BCUT2D eigenvalue weighted by molar-refractivity contribution is 0.188. The number of nitrogens with two attached hydrogens (primary N) is 1. The van der Waals surface area contributed by atoms with Crippen molar-refractivity contribution in [3.8, 4) is 0 Å². The molecule has 0 saturated carbocycles. The third-order valence-corrected chi connectivity index (χ3v) is 4.43. The molecule has 4 heteroatoms. The van der Waals surface area contributed by atoms with Gasteiger partial charge in [-0.3, -0.25) is 4.90 Å². The van der Waals surface area contributed by atoms with Crippen LogP contribution in [-0.4, -0.2) is 18.0 Å². The molecule has 0 fully saturated rings. The third kappa shape index (κ3) is 3.26. The van der Waals surface area contributed by atoms with E-state index in [1.165, 1.54) is 15.3 Å². The summed E-state index contributed by atoms with van der Waals surface area (Å²) in [5.41, 5.74) is 7.38. The van der Waals surface area contributed by atoms with Crippen LogP contribution >= 0.6 is 11.3 Å². The molecule has 1 atom stereocenters. The van der Waals surface area contributed by atoms with Gasteiger partial charge in [0.1, 0.15) is 5.76 Å². The maximum absolute atomic E-state index is 6.02. The Bertz CT molecular complexity index is 504. The lowest BCUT2D eigenvalue weighted by Crippen LogP contribution is -2.33. The lowest BCUT2D eigenvalue weighted by atomic mass is 10.1. The van der Waals surface area contributed by atoms with Gasteiger partial charge in [0.05, 0.1) is 12.8 Å². The Labute approximate surface area is 119 Å². The zero-order valence-corrected chi connectivity index (χ0v) is 12.7. The van der Waals surface area contributed by atoms with E-state index in [-0.39, 0.29) is 6.04 Å². The topological polar surface area (TPSA) is 42.4 Å². The number of hydrogen-bond donors (Lipinski definition) is 1. The van der Waals surface area contributed by atoms with Crippen molar-refractivity contribution < 1.29 is 4.42 Å². The predicted octanol–water partition coefficient (Wildman–Crippen LogP) is 3.48. The molecule has 0 amide bonds. The fourth-order valence-electron chi connectivity index (χ4n) is 2.50. The van der Waals surface area contributed by atoms with Crippen LogP contribution in [0.2, 0.25) is 0 Å². The van der Waals surface area contributed by atoms with Gasteiger partial charge in [0.15, 0.2) is 0 Å². The van der Waals surface area contributed by atoms with Gasteiger partial charge < -0.3 is 10.2 Å². The molecule has 19 heavy (non-hydrogen) atoms. The molecule has 0 radical (unpaired) electrons. The van der Waals surface area contributed by atoms with Crippen LogP contribution in [0.15, 0.2) is 28.9 Å². The quantitative estimate of drug-likeness (QED) is 0.879.